The number of benzene rings is 2. The van der Waals surface area contributed by atoms with E-state index in [0.29, 0.717) is 25.5 Å². The molecular weight excluding hydrogens is 394 g/mol. The fraction of sp³-hybridized carbons (Fsp3) is 0.375. The molecule has 1 aliphatic heterocycles. The number of carbonyl (C=O) groups excluding carboxylic acids is 2. The Bertz CT molecular complexity index is 1050. The summed E-state index contributed by atoms with van der Waals surface area (Å²) >= 11 is 0. The van der Waals surface area contributed by atoms with Crippen LogP contribution in [0.25, 0.3) is 11.0 Å². The molecule has 0 spiro atoms. The highest BCUT2D eigenvalue weighted by Crippen LogP contribution is 2.21. The van der Waals surface area contributed by atoms with Crippen LogP contribution < -0.4 is 4.74 Å². The molecule has 0 aliphatic carbocycles. The number of fused-ring (bicyclic) bond motifs is 1. The van der Waals surface area contributed by atoms with Gasteiger partial charge in [0, 0.05) is 13.1 Å². The number of aromatic nitrogens is 2. The molecule has 1 atom stereocenters. The van der Waals surface area contributed by atoms with E-state index >= 15 is 0 Å². The van der Waals surface area contributed by atoms with Crippen LogP contribution in [0.4, 0.5) is 0 Å². The lowest BCUT2D eigenvalue weighted by molar-refractivity contribution is -0.151. The predicted octanol–water partition coefficient (Wildman–Crippen LogP) is 3.42. The summed E-state index contributed by atoms with van der Waals surface area (Å²) < 4.78 is 13.0. The van der Waals surface area contributed by atoms with Crippen LogP contribution in [0.15, 0.2) is 54.6 Å². The van der Waals surface area contributed by atoms with Crippen molar-refractivity contribution in [1.29, 1.82) is 0 Å². The molecule has 2 heterocycles. The number of amides is 1. The maximum Gasteiger partial charge on any atom is 0.310 e. The van der Waals surface area contributed by atoms with E-state index < -0.39 is 0 Å². The number of esters is 1. The molecule has 31 heavy (non-hydrogen) atoms. The zero-order valence-electron chi connectivity index (χ0n) is 17.7. The van der Waals surface area contributed by atoms with Crippen LogP contribution in [-0.4, -0.2) is 46.0 Å². The lowest BCUT2D eigenvalue weighted by Crippen LogP contribution is -2.44. The number of ether oxygens (including phenoxy) is 2. The number of hydrogen-bond donors (Lipinski definition) is 0. The summed E-state index contributed by atoms with van der Waals surface area (Å²) in [6.45, 7) is 3.63. The second-order valence-electron chi connectivity index (χ2n) is 7.64. The van der Waals surface area contributed by atoms with E-state index in [1.165, 1.54) is 0 Å². The minimum Gasteiger partial charge on any atom is -0.486 e. The highest BCUT2D eigenvalue weighted by Gasteiger charge is 2.29. The SMILES string of the molecule is CCOC(=O)[C@@H]1CCCN(C(=O)Cn2c(COc3ccccc3)nc3ccccc32)C1. The van der Waals surface area contributed by atoms with Gasteiger partial charge < -0.3 is 18.9 Å². The molecule has 0 N–H and O–H groups in total. The van der Waals surface area contributed by atoms with Gasteiger partial charge in [-0.05, 0) is 44.0 Å². The zero-order valence-corrected chi connectivity index (χ0v) is 17.7. The Morgan fingerprint density at radius 1 is 1.10 bits per heavy atom. The minimum absolute atomic E-state index is 0.0295. The van der Waals surface area contributed by atoms with Crippen LogP contribution in [-0.2, 0) is 27.5 Å². The van der Waals surface area contributed by atoms with Gasteiger partial charge in [-0.1, -0.05) is 30.3 Å². The molecule has 1 aliphatic rings. The molecule has 4 rings (SSSR count). The average molecular weight is 421 g/mol. The molecule has 2 aromatic carbocycles. The van der Waals surface area contributed by atoms with Gasteiger partial charge in [0.15, 0.2) is 0 Å². The lowest BCUT2D eigenvalue weighted by Gasteiger charge is -2.31. The van der Waals surface area contributed by atoms with Gasteiger partial charge in [-0.15, -0.1) is 0 Å². The summed E-state index contributed by atoms with van der Waals surface area (Å²) in [4.78, 5) is 31.7. The van der Waals surface area contributed by atoms with Crippen molar-refractivity contribution in [2.45, 2.75) is 32.9 Å². The van der Waals surface area contributed by atoms with Crippen LogP contribution in [0.2, 0.25) is 0 Å². The topological polar surface area (TPSA) is 73.7 Å². The van der Waals surface area contributed by atoms with Gasteiger partial charge in [-0.25, -0.2) is 4.98 Å². The Kier molecular flexibility index (Phi) is 6.50. The smallest absolute Gasteiger partial charge is 0.310 e. The van der Waals surface area contributed by atoms with Crippen LogP contribution in [0.3, 0.4) is 0 Å². The maximum absolute atomic E-state index is 13.1. The van der Waals surface area contributed by atoms with Crippen molar-refractivity contribution in [3.63, 3.8) is 0 Å². The normalized spacial score (nSPS) is 16.3. The van der Waals surface area contributed by atoms with Gasteiger partial charge in [0.05, 0.1) is 23.6 Å². The van der Waals surface area contributed by atoms with E-state index in [0.717, 1.165) is 29.6 Å². The number of para-hydroxylation sites is 3. The molecule has 1 aromatic heterocycles. The zero-order chi connectivity index (χ0) is 21.6. The maximum atomic E-state index is 13.1. The molecule has 7 heteroatoms. The summed E-state index contributed by atoms with van der Waals surface area (Å²) in [5, 5.41) is 0. The molecule has 162 valence electrons. The summed E-state index contributed by atoms with van der Waals surface area (Å²) in [7, 11) is 0. The molecule has 7 nitrogen and oxygen atoms in total. The third-order valence-corrected chi connectivity index (χ3v) is 5.53. The summed E-state index contributed by atoms with van der Waals surface area (Å²) in [6.07, 6.45) is 1.55. The minimum atomic E-state index is -0.252. The molecule has 1 saturated heterocycles. The monoisotopic (exact) mass is 421 g/mol. The fourth-order valence-corrected chi connectivity index (χ4v) is 3.97. The Morgan fingerprint density at radius 3 is 2.68 bits per heavy atom. The van der Waals surface area contributed by atoms with Gasteiger partial charge in [0.2, 0.25) is 5.91 Å². The number of imidazole rings is 1. The Hall–Kier alpha value is -3.35. The highest BCUT2D eigenvalue weighted by atomic mass is 16.5. The van der Waals surface area contributed by atoms with Gasteiger partial charge >= 0.3 is 5.97 Å². The van der Waals surface area contributed by atoms with E-state index in [4.69, 9.17) is 9.47 Å². The third-order valence-electron chi connectivity index (χ3n) is 5.53. The molecule has 0 bridgehead atoms. The molecule has 1 amide bonds. The Labute approximate surface area is 181 Å². The number of carbonyl (C=O) groups is 2. The molecule has 0 radical (unpaired) electrons. The lowest BCUT2D eigenvalue weighted by atomic mass is 9.98. The van der Waals surface area contributed by atoms with E-state index in [9.17, 15) is 9.59 Å². The Balaban J connectivity index is 1.51. The second-order valence-corrected chi connectivity index (χ2v) is 7.64. The quantitative estimate of drug-likeness (QED) is 0.547. The van der Waals surface area contributed by atoms with Crippen molar-refractivity contribution in [1.82, 2.24) is 14.5 Å². The second kappa shape index (κ2) is 9.64. The molecule has 0 unspecified atom stereocenters. The van der Waals surface area contributed by atoms with Gasteiger partial charge in [-0.3, -0.25) is 9.59 Å². The van der Waals surface area contributed by atoms with Crippen LogP contribution in [0.5, 0.6) is 5.75 Å². The van der Waals surface area contributed by atoms with E-state index in [1.54, 1.807) is 11.8 Å². The standard InChI is InChI=1S/C24H27N3O4/c1-2-30-24(29)18-9-8-14-26(15-18)23(28)16-27-21-13-7-6-12-20(21)25-22(27)17-31-19-10-4-3-5-11-19/h3-7,10-13,18H,2,8-9,14-17H2,1H3/t18-/m1/s1. The molecule has 0 saturated carbocycles. The fourth-order valence-electron chi connectivity index (χ4n) is 3.97. The Morgan fingerprint density at radius 2 is 1.87 bits per heavy atom. The van der Waals surface area contributed by atoms with Gasteiger partial charge in [-0.2, -0.15) is 0 Å². The number of likely N-dealkylation sites (tertiary alicyclic amines) is 1. The number of hydrogen-bond acceptors (Lipinski definition) is 5. The van der Waals surface area contributed by atoms with Crippen molar-refractivity contribution in [2.24, 2.45) is 5.92 Å². The first kappa shape index (κ1) is 20.9. The van der Waals surface area contributed by atoms with Crippen molar-refractivity contribution < 1.29 is 19.1 Å². The first-order valence-corrected chi connectivity index (χ1v) is 10.7. The van der Waals surface area contributed by atoms with E-state index in [-0.39, 0.29) is 30.9 Å². The summed E-state index contributed by atoms with van der Waals surface area (Å²) in [5.41, 5.74) is 1.71. The number of piperidine rings is 1. The molecule has 3 aromatic rings. The average Bonchev–Trinajstić information content (AvgIpc) is 3.16. The van der Waals surface area contributed by atoms with Crippen LogP contribution >= 0.6 is 0 Å². The first-order valence-electron chi connectivity index (χ1n) is 10.7. The van der Waals surface area contributed by atoms with Crippen molar-refractivity contribution in [3.8, 4) is 5.75 Å². The number of rotatable bonds is 7. The van der Waals surface area contributed by atoms with Gasteiger partial charge in [0.25, 0.3) is 0 Å². The van der Waals surface area contributed by atoms with Gasteiger partial charge in [0.1, 0.15) is 24.7 Å². The first-order chi connectivity index (χ1) is 15.2. The molecule has 1 fully saturated rings. The highest BCUT2D eigenvalue weighted by molar-refractivity contribution is 5.82. The van der Waals surface area contributed by atoms with Crippen molar-refractivity contribution in [2.75, 3.05) is 19.7 Å². The van der Waals surface area contributed by atoms with E-state index in [1.807, 2.05) is 59.2 Å². The van der Waals surface area contributed by atoms with Crippen LogP contribution in [0, 0.1) is 5.92 Å². The number of nitrogens with zero attached hydrogens (tertiary/aromatic N) is 3. The van der Waals surface area contributed by atoms with Crippen LogP contribution in [0.1, 0.15) is 25.6 Å². The summed E-state index contributed by atoms with van der Waals surface area (Å²) in [6, 6.07) is 17.3. The van der Waals surface area contributed by atoms with Crippen molar-refractivity contribution >= 4 is 22.9 Å². The largest absolute Gasteiger partial charge is 0.486 e. The third kappa shape index (κ3) is 4.87. The summed E-state index contributed by atoms with van der Waals surface area (Å²) in [5.74, 6) is 0.944. The molecular formula is C24H27N3O4. The van der Waals surface area contributed by atoms with Crippen molar-refractivity contribution in [3.05, 3.63) is 60.4 Å². The van der Waals surface area contributed by atoms with E-state index in [2.05, 4.69) is 4.98 Å². The predicted molar refractivity (Wildman–Crippen MR) is 116 cm³/mol.